The van der Waals surface area contributed by atoms with Crippen molar-refractivity contribution in [3.05, 3.63) is 53.3 Å². The van der Waals surface area contributed by atoms with Crippen molar-refractivity contribution in [3.63, 3.8) is 0 Å². The van der Waals surface area contributed by atoms with Crippen molar-refractivity contribution >= 4 is 5.97 Å². The van der Waals surface area contributed by atoms with Crippen molar-refractivity contribution in [1.29, 1.82) is 0 Å². The first kappa shape index (κ1) is 12.6. The van der Waals surface area contributed by atoms with E-state index in [0.717, 1.165) is 24.8 Å². The van der Waals surface area contributed by atoms with Gasteiger partial charge < -0.3 is 9.84 Å². The van der Waals surface area contributed by atoms with Gasteiger partial charge in [-0.3, -0.25) is 0 Å². The fourth-order valence-electron chi connectivity index (χ4n) is 2.48. The Morgan fingerprint density at radius 2 is 2.15 bits per heavy atom. The lowest BCUT2D eigenvalue weighted by Gasteiger charge is -2.25. The van der Waals surface area contributed by atoms with Crippen LogP contribution in [-0.4, -0.2) is 21.0 Å². The molecule has 0 amide bonds. The van der Waals surface area contributed by atoms with E-state index in [1.165, 1.54) is 17.8 Å². The number of ether oxygens (including phenoxy) is 1. The lowest BCUT2D eigenvalue weighted by molar-refractivity contribution is 0.0687. The Kier molecular flexibility index (Phi) is 3.33. The zero-order chi connectivity index (χ0) is 13.9. The molecule has 0 aliphatic heterocycles. The highest BCUT2D eigenvalue weighted by molar-refractivity contribution is 5.85. The van der Waals surface area contributed by atoms with Gasteiger partial charge in [0.25, 0.3) is 0 Å². The molecule has 1 aliphatic carbocycles. The molecule has 5 heteroatoms. The molecule has 1 aromatic carbocycles. The monoisotopic (exact) mass is 270 g/mol. The van der Waals surface area contributed by atoms with Crippen LogP contribution in [-0.2, 0) is 6.42 Å². The lowest BCUT2D eigenvalue weighted by atomic mass is 9.89. The van der Waals surface area contributed by atoms with E-state index in [0.29, 0.717) is 0 Å². The van der Waals surface area contributed by atoms with Crippen LogP contribution in [0.1, 0.15) is 40.6 Å². The van der Waals surface area contributed by atoms with E-state index in [1.54, 1.807) is 0 Å². The van der Waals surface area contributed by atoms with Gasteiger partial charge in [0.2, 0.25) is 0 Å². The molecule has 0 radical (unpaired) electrons. The number of aromatic nitrogens is 2. The van der Waals surface area contributed by atoms with Gasteiger partial charge in [-0.05, 0) is 36.5 Å². The minimum Gasteiger partial charge on any atom is -0.477 e. The van der Waals surface area contributed by atoms with Gasteiger partial charge in [0.1, 0.15) is 6.10 Å². The quantitative estimate of drug-likeness (QED) is 0.928. The summed E-state index contributed by atoms with van der Waals surface area (Å²) in [6.45, 7) is 0. The van der Waals surface area contributed by atoms with Gasteiger partial charge in [-0.1, -0.05) is 24.3 Å². The maximum Gasteiger partial charge on any atom is 0.354 e. The van der Waals surface area contributed by atoms with E-state index in [2.05, 4.69) is 16.0 Å². The van der Waals surface area contributed by atoms with Gasteiger partial charge in [0.15, 0.2) is 5.69 Å². The Labute approximate surface area is 116 Å². The molecule has 0 saturated heterocycles. The van der Waals surface area contributed by atoms with E-state index >= 15 is 0 Å². The first-order valence-corrected chi connectivity index (χ1v) is 6.55. The van der Waals surface area contributed by atoms with E-state index in [9.17, 15) is 4.79 Å². The number of aryl methyl sites for hydroxylation is 1. The summed E-state index contributed by atoms with van der Waals surface area (Å²) < 4.78 is 5.79. The molecule has 0 bridgehead atoms. The van der Waals surface area contributed by atoms with E-state index in [4.69, 9.17) is 9.84 Å². The van der Waals surface area contributed by atoms with E-state index < -0.39 is 5.97 Å². The molecule has 20 heavy (non-hydrogen) atoms. The number of aromatic carboxylic acids is 1. The highest BCUT2D eigenvalue weighted by atomic mass is 16.5. The number of hydrogen-bond donors (Lipinski definition) is 1. The van der Waals surface area contributed by atoms with Crippen molar-refractivity contribution in [2.75, 3.05) is 0 Å². The molecular formula is C15H14N2O3. The van der Waals surface area contributed by atoms with Gasteiger partial charge >= 0.3 is 12.0 Å². The maximum absolute atomic E-state index is 10.9. The highest BCUT2D eigenvalue weighted by Gasteiger charge is 2.22. The normalized spacial score (nSPS) is 17.3. The molecule has 0 spiro atoms. The molecular weight excluding hydrogens is 256 g/mol. The molecule has 1 aromatic heterocycles. The summed E-state index contributed by atoms with van der Waals surface area (Å²) in [5.41, 5.74) is 2.36. The molecule has 3 rings (SSSR count). The second-order valence-electron chi connectivity index (χ2n) is 4.73. The number of fused-ring (bicyclic) bond motifs is 1. The Bertz CT molecular complexity index is 643. The topological polar surface area (TPSA) is 72.3 Å². The summed E-state index contributed by atoms with van der Waals surface area (Å²) in [5.74, 6) is -1.08. The van der Waals surface area contributed by atoms with Crippen molar-refractivity contribution in [2.24, 2.45) is 0 Å². The third-order valence-electron chi connectivity index (χ3n) is 3.41. The first-order valence-electron chi connectivity index (χ1n) is 6.55. The zero-order valence-corrected chi connectivity index (χ0v) is 10.8. The zero-order valence-electron chi connectivity index (χ0n) is 10.8. The SMILES string of the molecule is O=C(O)c1ccnc(OC2CCCc3ccccc32)n1. The smallest absolute Gasteiger partial charge is 0.354 e. The average Bonchev–Trinajstić information content (AvgIpc) is 2.48. The predicted octanol–water partition coefficient (Wildman–Crippen LogP) is 2.63. The van der Waals surface area contributed by atoms with Crippen molar-refractivity contribution in [1.82, 2.24) is 9.97 Å². The highest BCUT2D eigenvalue weighted by Crippen LogP contribution is 2.32. The summed E-state index contributed by atoms with van der Waals surface area (Å²) in [6, 6.07) is 9.60. The number of nitrogens with zero attached hydrogens (tertiary/aromatic N) is 2. The largest absolute Gasteiger partial charge is 0.477 e. The van der Waals surface area contributed by atoms with Crippen LogP contribution in [0.15, 0.2) is 36.5 Å². The van der Waals surface area contributed by atoms with Crippen LogP contribution >= 0.6 is 0 Å². The third kappa shape index (κ3) is 2.47. The Morgan fingerprint density at radius 3 is 3.00 bits per heavy atom. The molecule has 1 heterocycles. The molecule has 1 unspecified atom stereocenters. The van der Waals surface area contributed by atoms with Crippen LogP contribution in [0.25, 0.3) is 0 Å². The second-order valence-corrected chi connectivity index (χ2v) is 4.73. The summed E-state index contributed by atoms with van der Waals surface area (Å²) in [6.07, 6.45) is 4.27. The van der Waals surface area contributed by atoms with E-state index in [-0.39, 0.29) is 17.8 Å². The fraction of sp³-hybridized carbons (Fsp3) is 0.267. The first-order chi connectivity index (χ1) is 9.74. The Morgan fingerprint density at radius 1 is 1.30 bits per heavy atom. The molecule has 1 aliphatic rings. The Hall–Kier alpha value is -2.43. The van der Waals surface area contributed by atoms with Crippen LogP contribution < -0.4 is 4.74 Å². The van der Waals surface area contributed by atoms with Crippen LogP contribution in [0.4, 0.5) is 0 Å². The molecule has 1 N–H and O–H groups in total. The number of carboxylic acid groups (broad SMARTS) is 1. The van der Waals surface area contributed by atoms with Crippen LogP contribution in [0.5, 0.6) is 6.01 Å². The number of carboxylic acids is 1. The fourth-order valence-corrected chi connectivity index (χ4v) is 2.48. The maximum atomic E-state index is 10.9. The summed E-state index contributed by atoms with van der Waals surface area (Å²) in [5, 5.41) is 8.93. The lowest BCUT2D eigenvalue weighted by Crippen LogP contribution is -2.16. The Balaban J connectivity index is 1.85. The van der Waals surface area contributed by atoms with Crippen LogP contribution in [0.3, 0.4) is 0 Å². The molecule has 2 aromatic rings. The van der Waals surface area contributed by atoms with Gasteiger partial charge in [0.05, 0.1) is 0 Å². The molecule has 5 nitrogen and oxygen atoms in total. The van der Waals surface area contributed by atoms with Gasteiger partial charge in [0, 0.05) is 6.20 Å². The van der Waals surface area contributed by atoms with Crippen LogP contribution in [0, 0.1) is 0 Å². The van der Waals surface area contributed by atoms with Crippen molar-refractivity contribution in [3.8, 4) is 6.01 Å². The van der Waals surface area contributed by atoms with E-state index in [1.807, 2.05) is 18.2 Å². The molecule has 0 fully saturated rings. The van der Waals surface area contributed by atoms with Gasteiger partial charge in [-0.25, -0.2) is 9.78 Å². The number of hydrogen-bond acceptors (Lipinski definition) is 4. The minimum absolute atomic E-state index is 0.0564. The van der Waals surface area contributed by atoms with Gasteiger partial charge in [-0.15, -0.1) is 0 Å². The second kappa shape index (κ2) is 5.28. The van der Waals surface area contributed by atoms with Gasteiger partial charge in [-0.2, -0.15) is 4.98 Å². The minimum atomic E-state index is -1.08. The molecule has 0 saturated carbocycles. The predicted molar refractivity (Wildman–Crippen MR) is 71.7 cm³/mol. The van der Waals surface area contributed by atoms with Crippen LogP contribution in [0.2, 0.25) is 0 Å². The number of carbonyl (C=O) groups is 1. The number of rotatable bonds is 3. The summed E-state index contributed by atoms with van der Waals surface area (Å²) in [4.78, 5) is 18.8. The molecule has 1 atom stereocenters. The average molecular weight is 270 g/mol. The van der Waals surface area contributed by atoms with Crippen molar-refractivity contribution in [2.45, 2.75) is 25.4 Å². The van der Waals surface area contributed by atoms with Crippen molar-refractivity contribution < 1.29 is 14.6 Å². The summed E-state index contributed by atoms with van der Waals surface area (Å²) in [7, 11) is 0. The third-order valence-corrected chi connectivity index (χ3v) is 3.41. The molecule has 102 valence electrons. The standard InChI is InChI=1S/C15H14N2O3/c18-14(19)12-8-9-16-15(17-12)20-13-7-3-5-10-4-1-2-6-11(10)13/h1-2,4,6,8-9,13H,3,5,7H2,(H,18,19). The summed E-state index contributed by atoms with van der Waals surface area (Å²) >= 11 is 0. The number of benzene rings is 1.